The number of hydrogen-bond acceptors (Lipinski definition) is 3. The summed E-state index contributed by atoms with van der Waals surface area (Å²) in [5, 5.41) is 4.45. The van der Waals surface area contributed by atoms with Gasteiger partial charge in [-0.2, -0.15) is 0 Å². The number of benzene rings is 1. The Bertz CT molecular complexity index is 631. The molecule has 0 fully saturated rings. The van der Waals surface area contributed by atoms with Crippen molar-refractivity contribution in [3.63, 3.8) is 0 Å². The highest BCUT2D eigenvalue weighted by atomic mass is 35.5. The molecule has 0 spiro atoms. The zero-order chi connectivity index (χ0) is 15.6. The van der Waals surface area contributed by atoms with E-state index in [0.29, 0.717) is 21.9 Å². The van der Waals surface area contributed by atoms with E-state index in [1.54, 1.807) is 12.1 Å². The quantitative estimate of drug-likeness (QED) is 0.895. The van der Waals surface area contributed by atoms with Gasteiger partial charge in [0.1, 0.15) is 0 Å². The first-order chi connectivity index (χ1) is 9.88. The highest BCUT2D eigenvalue weighted by Gasteiger charge is 2.11. The molecular weight excluding hydrogens is 305 g/mol. The van der Waals surface area contributed by atoms with Crippen LogP contribution < -0.4 is 5.32 Å². The minimum atomic E-state index is 0.429. The van der Waals surface area contributed by atoms with Gasteiger partial charge in [-0.3, -0.25) is 0 Å². The van der Waals surface area contributed by atoms with Crippen LogP contribution in [0.3, 0.4) is 0 Å². The molecule has 0 aliphatic rings. The summed E-state index contributed by atoms with van der Waals surface area (Å²) in [4.78, 5) is 9.20. The van der Waals surface area contributed by atoms with E-state index in [0.717, 1.165) is 29.1 Å². The Morgan fingerprint density at radius 2 is 1.67 bits per heavy atom. The Morgan fingerprint density at radius 1 is 1.05 bits per heavy atom. The number of halogens is 2. The molecule has 2 aromatic rings. The fourth-order valence-corrected chi connectivity index (χ4v) is 2.36. The van der Waals surface area contributed by atoms with E-state index in [2.05, 4.69) is 29.1 Å². The summed E-state index contributed by atoms with van der Waals surface area (Å²) < 4.78 is 0. The van der Waals surface area contributed by atoms with Crippen molar-refractivity contribution in [2.75, 3.05) is 0 Å². The van der Waals surface area contributed by atoms with Gasteiger partial charge in [0, 0.05) is 35.1 Å². The van der Waals surface area contributed by atoms with Crippen LogP contribution in [-0.2, 0) is 6.54 Å². The molecule has 21 heavy (non-hydrogen) atoms. The molecule has 0 radical (unpaired) electrons. The van der Waals surface area contributed by atoms with Gasteiger partial charge in [0.05, 0.1) is 10.0 Å². The van der Waals surface area contributed by atoms with Gasteiger partial charge in [0.15, 0.2) is 5.82 Å². The molecule has 0 unspecified atom stereocenters. The van der Waals surface area contributed by atoms with Crippen molar-refractivity contribution in [2.45, 2.75) is 40.3 Å². The van der Waals surface area contributed by atoms with Crippen LogP contribution in [0.25, 0.3) is 11.4 Å². The van der Waals surface area contributed by atoms with E-state index >= 15 is 0 Å². The lowest BCUT2D eigenvalue weighted by Gasteiger charge is -2.13. The Kier molecular flexibility index (Phi) is 5.20. The van der Waals surface area contributed by atoms with Gasteiger partial charge in [0.25, 0.3) is 0 Å². The fraction of sp³-hybridized carbons (Fsp3) is 0.375. The molecule has 0 atom stereocenters. The first-order valence-corrected chi connectivity index (χ1v) is 7.67. The van der Waals surface area contributed by atoms with Gasteiger partial charge in [-0.1, -0.05) is 37.0 Å². The number of rotatable bonds is 4. The Hall–Kier alpha value is -1.16. The van der Waals surface area contributed by atoms with Crippen LogP contribution in [0.5, 0.6) is 0 Å². The molecule has 0 saturated heterocycles. The molecule has 0 aliphatic heterocycles. The average Bonchev–Trinajstić information content (AvgIpc) is 2.40. The lowest BCUT2D eigenvalue weighted by molar-refractivity contribution is 0.583. The van der Waals surface area contributed by atoms with Crippen LogP contribution in [0.1, 0.15) is 30.8 Å². The minimum absolute atomic E-state index is 0.429. The molecule has 112 valence electrons. The van der Waals surface area contributed by atoms with E-state index in [-0.39, 0.29) is 0 Å². The van der Waals surface area contributed by atoms with Crippen LogP contribution in [0.2, 0.25) is 10.0 Å². The lowest BCUT2D eigenvalue weighted by Crippen LogP contribution is -2.23. The van der Waals surface area contributed by atoms with Gasteiger partial charge in [-0.15, -0.1) is 0 Å². The number of hydrogen-bond donors (Lipinski definition) is 1. The molecule has 1 heterocycles. The normalized spacial score (nSPS) is 11.2. The first-order valence-electron chi connectivity index (χ1n) is 6.91. The summed E-state index contributed by atoms with van der Waals surface area (Å²) in [6, 6.07) is 5.87. The van der Waals surface area contributed by atoms with Gasteiger partial charge in [-0.25, -0.2) is 9.97 Å². The highest BCUT2D eigenvalue weighted by molar-refractivity contribution is 6.42. The average molecular weight is 324 g/mol. The van der Waals surface area contributed by atoms with Gasteiger partial charge in [-0.05, 0) is 32.0 Å². The smallest absolute Gasteiger partial charge is 0.159 e. The van der Waals surface area contributed by atoms with E-state index < -0.39 is 0 Å². The molecular formula is C16H19Cl2N3. The lowest BCUT2D eigenvalue weighted by atomic mass is 10.1. The van der Waals surface area contributed by atoms with Gasteiger partial charge >= 0.3 is 0 Å². The SMILES string of the molecule is Cc1nc(-c2ccc(Cl)c(Cl)c2)nc(C)c1CNC(C)C. The summed E-state index contributed by atoms with van der Waals surface area (Å²) in [5.41, 5.74) is 3.99. The maximum absolute atomic E-state index is 6.06. The molecule has 1 aromatic heterocycles. The van der Waals surface area contributed by atoms with Crippen LogP contribution in [0.4, 0.5) is 0 Å². The molecule has 5 heteroatoms. The molecule has 2 rings (SSSR count). The fourth-order valence-electron chi connectivity index (χ4n) is 2.07. The zero-order valence-electron chi connectivity index (χ0n) is 12.7. The van der Waals surface area contributed by atoms with E-state index in [1.165, 1.54) is 0 Å². The third kappa shape index (κ3) is 3.94. The van der Waals surface area contributed by atoms with Crippen LogP contribution in [0.15, 0.2) is 18.2 Å². The van der Waals surface area contributed by atoms with Gasteiger partial charge < -0.3 is 5.32 Å². The molecule has 0 bridgehead atoms. The molecule has 1 aromatic carbocycles. The second-order valence-electron chi connectivity index (χ2n) is 5.36. The standard InChI is InChI=1S/C16H19Cl2N3/c1-9(2)19-8-13-10(3)20-16(21-11(13)4)12-5-6-14(17)15(18)7-12/h5-7,9,19H,8H2,1-4H3. The monoisotopic (exact) mass is 323 g/mol. The second kappa shape index (κ2) is 6.73. The third-order valence-electron chi connectivity index (χ3n) is 3.29. The van der Waals surface area contributed by atoms with Crippen LogP contribution in [-0.4, -0.2) is 16.0 Å². The molecule has 3 nitrogen and oxygen atoms in total. The van der Waals surface area contributed by atoms with Crippen molar-refractivity contribution in [1.29, 1.82) is 0 Å². The van der Waals surface area contributed by atoms with Crippen LogP contribution in [0, 0.1) is 13.8 Å². The Balaban J connectivity index is 2.36. The van der Waals surface area contributed by atoms with Gasteiger partial charge in [0.2, 0.25) is 0 Å². The van der Waals surface area contributed by atoms with Crippen molar-refractivity contribution in [3.05, 3.63) is 45.2 Å². The van der Waals surface area contributed by atoms with Crippen molar-refractivity contribution in [1.82, 2.24) is 15.3 Å². The number of aromatic nitrogens is 2. The van der Waals surface area contributed by atoms with Crippen molar-refractivity contribution in [3.8, 4) is 11.4 Å². The van der Waals surface area contributed by atoms with Crippen molar-refractivity contribution < 1.29 is 0 Å². The predicted octanol–water partition coefficient (Wildman–Crippen LogP) is 4.57. The second-order valence-corrected chi connectivity index (χ2v) is 6.18. The maximum Gasteiger partial charge on any atom is 0.159 e. The number of nitrogens with one attached hydrogen (secondary N) is 1. The molecule has 0 saturated carbocycles. The Morgan fingerprint density at radius 3 is 2.19 bits per heavy atom. The highest BCUT2D eigenvalue weighted by Crippen LogP contribution is 2.27. The first kappa shape index (κ1) is 16.2. The third-order valence-corrected chi connectivity index (χ3v) is 4.02. The minimum Gasteiger partial charge on any atom is -0.310 e. The maximum atomic E-state index is 6.06. The largest absolute Gasteiger partial charge is 0.310 e. The van der Waals surface area contributed by atoms with Crippen LogP contribution >= 0.6 is 23.2 Å². The molecule has 0 amide bonds. The Labute approximate surface area is 135 Å². The van der Waals surface area contributed by atoms with E-state index in [9.17, 15) is 0 Å². The zero-order valence-corrected chi connectivity index (χ0v) is 14.2. The summed E-state index contributed by atoms with van der Waals surface area (Å²) in [6.07, 6.45) is 0. The summed E-state index contributed by atoms with van der Waals surface area (Å²) in [6.45, 7) is 9.03. The summed E-state index contributed by atoms with van der Waals surface area (Å²) >= 11 is 12.0. The topological polar surface area (TPSA) is 37.8 Å². The van der Waals surface area contributed by atoms with E-state index in [4.69, 9.17) is 23.2 Å². The van der Waals surface area contributed by atoms with E-state index in [1.807, 2.05) is 19.9 Å². The summed E-state index contributed by atoms with van der Waals surface area (Å²) in [7, 11) is 0. The van der Waals surface area contributed by atoms with Crippen molar-refractivity contribution >= 4 is 23.2 Å². The number of aryl methyl sites for hydroxylation is 2. The number of nitrogens with zero attached hydrogens (tertiary/aromatic N) is 2. The predicted molar refractivity (Wildman–Crippen MR) is 88.9 cm³/mol. The molecule has 1 N–H and O–H groups in total. The van der Waals surface area contributed by atoms with Crippen molar-refractivity contribution in [2.24, 2.45) is 0 Å². The summed E-state index contributed by atoms with van der Waals surface area (Å²) in [5.74, 6) is 0.678. The molecule has 0 aliphatic carbocycles.